The van der Waals surface area contributed by atoms with E-state index in [1.54, 1.807) is 24.3 Å². The lowest BCUT2D eigenvalue weighted by Crippen LogP contribution is -2.46. The summed E-state index contributed by atoms with van der Waals surface area (Å²) < 4.78 is 31.5. The molecule has 3 aromatic rings. The standard InChI is InChI=1S/C24H23FNO5P/c1-5-24(15(4)27,32(29)30)23(28)31-22-20(16-10-12-17(25)13-11-16)18-8-6-7-9-19(18)26-21(22)14(2)3/h5-15,27H,1H2,2-4H3/p+1. The molecule has 2 aromatic carbocycles. The molecule has 1 aromatic heterocycles. The number of carbonyl (C=O) groups excluding carboxylic acids is 1. The molecule has 8 heteroatoms. The number of nitrogens with zero attached hydrogens (tertiary/aromatic N) is 1. The van der Waals surface area contributed by atoms with Gasteiger partial charge in [-0.2, -0.15) is 4.89 Å². The van der Waals surface area contributed by atoms with Crippen molar-refractivity contribution in [3.05, 3.63) is 72.7 Å². The molecule has 3 atom stereocenters. The Morgan fingerprint density at radius 1 is 1.19 bits per heavy atom. The van der Waals surface area contributed by atoms with Crippen molar-refractivity contribution in [2.24, 2.45) is 0 Å². The molecule has 0 radical (unpaired) electrons. The number of carbonyl (C=O) groups is 1. The Labute approximate surface area is 186 Å². The molecule has 32 heavy (non-hydrogen) atoms. The number of rotatable bonds is 7. The number of pyridine rings is 1. The third-order valence-corrected chi connectivity index (χ3v) is 6.71. The van der Waals surface area contributed by atoms with Gasteiger partial charge in [-0.05, 0) is 47.2 Å². The SMILES string of the molecule is C=CC(C(=O)Oc1c(C(C)C)nc2ccccc2c1-c1ccc(F)cc1)(C(C)O)[P+](=O)O. The highest BCUT2D eigenvalue weighted by atomic mass is 31.1. The van der Waals surface area contributed by atoms with Gasteiger partial charge in [0.15, 0.2) is 5.75 Å². The number of aliphatic hydroxyl groups is 1. The predicted octanol–water partition coefficient (Wildman–Crippen LogP) is 5.11. The Morgan fingerprint density at radius 3 is 2.34 bits per heavy atom. The highest BCUT2D eigenvalue weighted by Crippen LogP contribution is 2.45. The predicted molar refractivity (Wildman–Crippen MR) is 121 cm³/mol. The molecule has 0 bridgehead atoms. The summed E-state index contributed by atoms with van der Waals surface area (Å²) in [6, 6.07) is 12.9. The molecule has 1 heterocycles. The van der Waals surface area contributed by atoms with Crippen LogP contribution in [-0.4, -0.2) is 32.2 Å². The minimum absolute atomic E-state index is 0.0824. The Bertz CT molecular complexity index is 1190. The number of fused-ring (bicyclic) bond motifs is 1. The topological polar surface area (TPSA) is 96.7 Å². The second kappa shape index (κ2) is 9.25. The number of hydrogen-bond donors (Lipinski definition) is 2. The van der Waals surface area contributed by atoms with Crippen molar-refractivity contribution in [2.75, 3.05) is 0 Å². The second-order valence-corrected chi connectivity index (χ2v) is 9.03. The molecule has 0 saturated carbocycles. The number of halogens is 1. The maximum atomic E-state index is 13.6. The van der Waals surface area contributed by atoms with Gasteiger partial charge in [0.1, 0.15) is 11.9 Å². The largest absolute Gasteiger partial charge is 0.531 e. The smallest absolute Gasteiger partial charge is 0.420 e. The molecular weight excluding hydrogens is 432 g/mol. The van der Waals surface area contributed by atoms with E-state index in [9.17, 15) is 23.7 Å². The third-order valence-electron chi connectivity index (χ3n) is 5.34. The number of ether oxygens (including phenoxy) is 1. The highest BCUT2D eigenvalue weighted by Gasteiger charge is 2.60. The second-order valence-electron chi connectivity index (χ2n) is 7.75. The van der Waals surface area contributed by atoms with Gasteiger partial charge in [0, 0.05) is 10.9 Å². The average molecular weight is 456 g/mol. The van der Waals surface area contributed by atoms with E-state index in [1.165, 1.54) is 19.1 Å². The van der Waals surface area contributed by atoms with Crippen LogP contribution < -0.4 is 4.74 Å². The van der Waals surface area contributed by atoms with Crippen LogP contribution in [-0.2, 0) is 9.36 Å². The number of benzene rings is 2. The molecule has 0 amide bonds. The summed E-state index contributed by atoms with van der Waals surface area (Å²) in [7, 11) is -3.21. The summed E-state index contributed by atoms with van der Waals surface area (Å²) in [5.41, 5.74) is 2.15. The van der Waals surface area contributed by atoms with Gasteiger partial charge in [-0.25, -0.2) is 14.2 Å². The van der Waals surface area contributed by atoms with Crippen LogP contribution in [0, 0.1) is 5.82 Å². The van der Waals surface area contributed by atoms with Gasteiger partial charge >= 0.3 is 19.2 Å². The first kappa shape index (κ1) is 23.7. The molecule has 3 unspecified atom stereocenters. The molecule has 0 saturated heterocycles. The normalized spacial score (nSPS) is 14.7. The van der Waals surface area contributed by atoms with Crippen LogP contribution in [0.4, 0.5) is 4.39 Å². The zero-order valence-electron chi connectivity index (χ0n) is 17.9. The van der Waals surface area contributed by atoms with Gasteiger partial charge in [0.05, 0.1) is 11.2 Å². The molecule has 0 aliphatic rings. The Hall–Kier alpha value is -2.99. The van der Waals surface area contributed by atoms with E-state index in [2.05, 4.69) is 11.6 Å². The van der Waals surface area contributed by atoms with Gasteiger partial charge in [0.25, 0.3) is 0 Å². The fourth-order valence-electron chi connectivity index (χ4n) is 3.53. The van der Waals surface area contributed by atoms with Crippen LogP contribution in [0.5, 0.6) is 5.75 Å². The molecule has 0 spiro atoms. The fourth-order valence-corrected chi connectivity index (χ4v) is 4.20. The number of aromatic nitrogens is 1. The summed E-state index contributed by atoms with van der Waals surface area (Å²) in [4.78, 5) is 27.7. The van der Waals surface area contributed by atoms with E-state index in [0.717, 1.165) is 6.08 Å². The van der Waals surface area contributed by atoms with E-state index in [1.807, 2.05) is 26.0 Å². The van der Waals surface area contributed by atoms with E-state index in [4.69, 9.17) is 4.74 Å². The van der Waals surface area contributed by atoms with Crippen molar-refractivity contribution in [3.63, 3.8) is 0 Å². The Balaban J connectivity index is 2.34. The van der Waals surface area contributed by atoms with Crippen LogP contribution in [0.25, 0.3) is 22.0 Å². The van der Waals surface area contributed by atoms with Crippen molar-refractivity contribution in [2.45, 2.75) is 37.9 Å². The Morgan fingerprint density at radius 2 is 1.81 bits per heavy atom. The van der Waals surface area contributed by atoms with Crippen LogP contribution in [0.15, 0.2) is 61.2 Å². The quantitative estimate of drug-likeness (QED) is 0.291. The van der Waals surface area contributed by atoms with E-state index < -0.39 is 31.1 Å². The number of para-hydroxylation sites is 1. The first-order valence-electron chi connectivity index (χ1n) is 10.0. The number of hydrogen-bond acceptors (Lipinski definition) is 5. The third kappa shape index (κ3) is 4.07. The minimum atomic E-state index is -3.21. The fraction of sp³-hybridized carbons (Fsp3) is 0.250. The molecule has 166 valence electrons. The number of aliphatic hydroxyl groups excluding tert-OH is 1. The maximum absolute atomic E-state index is 13.6. The molecule has 0 fully saturated rings. The first-order valence-corrected chi connectivity index (χ1v) is 11.2. The van der Waals surface area contributed by atoms with Crippen molar-refractivity contribution in [1.82, 2.24) is 4.98 Å². The molecule has 3 rings (SSSR count). The minimum Gasteiger partial charge on any atom is -0.420 e. The first-order chi connectivity index (χ1) is 15.1. The zero-order valence-corrected chi connectivity index (χ0v) is 18.8. The molecule has 2 N–H and O–H groups in total. The van der Waals surface area contributed by atoms with E-state index in [-0.39, 0.29) is 11.7 Å². The lowest BCUT2D eigenvalue weighted by molar-refractivity contribution is -0.138. The van der Waals surface area contributed by atoms with Gasteiger partial charge in [0.2, 0.25) is 0 Å². The maximum Gasteiger partial charge on any atom is 0.531 e. The highest BCUT2D eigenvalue weighted by molar-refractivity contribution is 7.42. The van der Waals surface area contributed by atoms with Crippen LogP contribution in [0.3, 0.4) is 0 Å². The summed E-state index contributed by atoms with van der Waals surface area (Å²) in [6.07, 6.45) is -0.605. The van der Waals surface area contributed by atoms with E-state index in [0.29, 0.717) is 27.7 Å². The monoisotopic (exact) mass is 456 g/mol. The molecule has 0 aliphatic carbocycles. The van der Waals surface area contributed by atoms with Crippen molar-refractivity contribution < 1.29 is 28.5 Å². The van der Waals surface area contributed by atoms with Crippen LogP contribution in [0.2, 0.25) is 0 Å². The van der Waals surface area contributed by atoms with Crippen molar-refractivity contribution >= 4 is 24.9 Å². The zero-order chi connectivity index (χ0) is 23.6. The van der Waals surface area contributed by atoms with Gasteiger partial charge in [-0.15, -0.1) is 0 Å². The number of esters is 1. The summed E-state index contributed by atoms with van der Waals surface area (Å²) in [6.45, 7) is 8.42. The average Bonchev–Trinajstić information content (AvgIpc) is 2.74. The summed E-state index contributed by atoms with van der Waals surface area (Å²) in [5, 5.41) is 8.60. The van der Waals surface area contributed by atoms with Crippen molar-refractivity contribution in [1.29, 1.82) is 0 Å². The summed E-state index contributed by atoms with van der Waals surface area (Å²) >= 11 is 0. The molecule has 0 aliphatic heterocycles. The molecule has 6 nitrogen and oxygen atoms in total. The lowest BCUT2D eigenvalue weighted by atomic mass is 9.95. The van der Waals surface area contributed by atoms with Crippen LogP contribution in [0.1, 0.15) is 32.4 Å². The van der Waals surface area contributed by atoms with Gasteiger partial charge < -0.3 is 9.84 Å². The van der Waals surface area contributed by atoms with Gasteiger partial charge in [-0.3, -0.25) is 0 Å². The lowest BCUT2D eigenvalue weighted by Gasteiger charge is -2.23. The van der Waals surface area contributed by atoms with Gasteiger partial charge in [-0.1, -0.05) is 50.8 Å². The molecular formula is C24H24FNO5P+. The van der Waals surface area contributed by atoms with Crippen LogP contribution >= 0.6 is 8.03 Å². The Kier molecular flexibility index (Phi) is 6.84. The summed E-state index contributed by atoms with van der Waals surface area (Å²) in [5.74, 6) is -1.66. The van der Waals surface area contributed by atoms with E-state index >= 15 is 0 Å². The van der Waals surface area contributed by atoms with Crippen molar-refractivity contribution in [3.8, 4) is 16.9 Å².